The van der Waals surface area contributed by atoms with Crippen molar-refractivity contribution >= 4 is 21.4 Å². The maximum Gasteiger partial charge on any atom is 0.271 e. The molecule has 0 heterocycles. The van der Waals surface area contributed by atoms with Gasteiger partial charge in [0.05, 0.1) is 15.5 Å². The van der Waals surface area contributed by atoms with Crippen LogP contribution in [-0.4, -0.2) is 13.3 Å². The summed E-state index contributed by atoms with van der Waals surface area (Å²) in [5.41, 5.74) is 1.83. The van der Waals surface area contributed by atoms with Gasteiger partial charge in [-0.2, -0.15) is 0 Å². The molecule has 0 aliphatic heterocycles. The first-order valence-electron chi connectivity index (χ1n) is 7.08. The van der Waals surface area contributed by atoms with E-state index < -0.39 is 32.1 Å². The molecule has 0 aromatic heterocycles. The molecule has 6 nitrogen and oxygen atoms in total. The van der Waals surface area contributed by atoms with Crippen LogP contribution in [0.2, 0.25) is 0 Å². The van der Waals surface area contributed by atoms with Gasteiger partial charge in [-0.3, -0.25) is 14.8 Å². The van der Waals surface area contributed by atoms with E-state index in [1.807, 2.05) is 6.07 Å². The Bertz CT molecular complexity index is 913. The van der Waals surface area contributed by atoms with Crippen molar-refractivity contribution in [3.63, 3.8) is 0 Å². The molecule has 0 spiro atoms. The van der Waals surface area contributed by atoms with Crippen molar-refractivity contribution in [3.8, 4) is 0 Å². The largest absolute Gasteiger partial charge is 0.276 e. The lowest BCUT2D eigenvalue weighted by atomic mass is 10.0. The smallest absolute Gasteiger partial charge is 0.271 e. The molecular weight excluding hydrogens is 335 g/mol. The molecule has 0 fully saturated rings. The van der Waals surface area contributed by atoms with Crippen LogP contribution in [-0.2, 0) is 10.0 Å². The second kappa shape index (κ2) is 6.20. The lowest BCUT2D eigenvalue weighted by molar-refractivity contribution is -0.384. The number of rotatable bonds is 4. The zero-order valence-corrected chi connectivity index (χ0v) is 14.5. The highest BCUT2D eigenvalue weighted by Gasteiger charge is 2.24. The molecule has 2 rings (SSSR count). The van der Waals surface area contributed by atoms with E-state index >= 15 is 0 Å². The third-order valence-electron chi connectivity index (χ3n) is 3.97. The first kappa shape index (κ1) is 17.9. The average molecular weight is 352 g/mol. The molecule has 8 heteroatoms. The van der Waals surface area contributed by atoms with Crippen LogP contribution in [0.25, 0.3) is 0 Å². The number of hydrogen-bond acceptors (Lipinski definition) is 4. The zero-order chi connectivity index (χ0) is 18.2. The van der Waals surface area contributed by atoms with Crippen molar-refractivity contribution in [1.82, 2.24) is 0 Å². The fourth-order valence-corrected chi connectivity index (χ4v) is 4.16. The Balaban J connectivity index is 2.59. The van der Waals surface area contributed by atoms with Crippen LogP contribution in [0.15, 0.2) is 29.2 Å². The van der Waals surface area contributed by atoms with Crippen molar-refractivity contribution in [2.24, 2.45) is 0 Å². The summed E-state index contributed by atoms with van der Waals surface area (Å²) in [7, 11) is -4.10. The van der Waals surface area contributed by atoms with Crippen LogP contribution in [0.5, 0.6) is 0 Å². The first-order valence-corrected chi connectivity index (χ1v) is 8.57. The number of hydrogen-bond donors (Lipinski definition) is 1. The van der Waals surface area contributed by atoms with E-state index in [1.165, 1.54) is 0 Å². The Morgan fingerprint density at radius 2 is 1.58 bits per heavy atom. The van der Waals surface area contributed by atoms with Crippen molar-refractivity contribution in [2.45, 2.75) is 32.6 Å². The van der Waals surface area contributed by atoms with Gasteiger partial charge in [-0.15, -0.1) is 0 Å². The molecule has 2 aromatic rings. The van der Waals surface area contributed by atoms with Gasteiger partial charge in [0, 0.05) is 12.1 Å². The van der Waals surface area contributed by atoms with Crippen LogP contribution >= 0.6 is 0 Å². The van der Waals surface area contributed by atoms with Crippen LogP contribution in [0, 0.1) is 43.6 Å². The standard InChI is InChI=1S/C16H17FN2O4S/c1-9-7-10(2)12(4)16(11(9)3)24(22,23)18-15-8-13(19(20)21)5-6-14(15)17/h5-8,18H,1-4H3. The summed E-state index contributed by atoms with van der Waals surface area (Å²) in [6.45, 7) is 6.91. The summed E-state index contributed by atoms with van der Waals surface area (Å²) in [6.07, 6.45) is 0. The Morgan fingerprint density at radius 1 is 1.04 bits per heavy atom. The molecule has 0 unspecified atom stereocenters. The molecule has 1 N–H and O–H groups in total. The van der Waals surface area contributed by atoms with Gasteiger partial charge < -0.3 is 0 Å². The topological polar surface area (TPSA) is 89.3 Å². The maximum atomic E-state index is 13.9. The van der Waals surface area contributed by atoms with Crippen LogP contribution in [0.1, 0.15) is 22.3 Å². The Morgan fingerprint density at radius 3 is 2.08 bits per heavy atom. The Hall–Kier alpha value is -2.48. The predicted octanol–water partition coefficient (Wildman–Crippen LogP) is 3.77. The minimum Gasteiger partial charge on any atom is -0.276 e. The Kier molecular flexibility index (Phi) is 4.61. The van der Waals surface area contributed by atoms with E-state index in [1.54, 1.807) is 27.7 Å². The number of nitrogens with one attached hydrogen (secondary N) is 1. The van der Waals surface area contributed by atoms with Gasteiger partial charge in [-0.25, -0.2) is 12.8 Å². The van der Waals surface area contributed by atoms with E-state index in [-0.39, 0.29) is 4.90 Å². The molecule has 0 radical (unpaired) electrons. The normalized spacial score (nSPS) is 11.4. The monoisotopic (exact) mass is 352 g/mol. The highest BCUT2D eigenvalue weighted by Crippen LogP contribution is 2.29. The van der Waals surface area contributed by atoms with Gasteiger partial charge >= 0.3 is 0 Å². The number of non-ortho nitro benzene ring substituents is 1. The van der Waals surface area contributed by atoms with E-state index in [0.717, 1.165) is 29.3 Å². The third kappa shape index (κ3) is 3.23. The Labute approximate surface area is 139 Å². The molecule has 0 amide bonds. The maximum absolute atomic E-state index is 13.9. The first-order chi connectivity index (χ1) is 11.0. The summed E-state index contributed by atoms with van der Waals surface area (Å²) >= 11 is 0. The van der Waals surface area contributed by atoms with Gasteiger partial charge in [0.15, 0.2) is 0 Å². The minimum atomic E-state index is -4.10. The fourth-order valence-electron chi connectivity index (χ4n) is 2.48. The number of aryl methyl sites for hydroxylation is 2. The molecule has 0 saturated heterocycles. The van der Waals surface area contributed by atoms with Crippen LogP contribution in [0.3, 0.4) is 0 Å². The van der Waals surface area contributed by atoms with Gasteiger partial charge in [-0.1, -0.05) is 6.07 Å². The van der Waals surface area contributed by atoms with Gasteiger partial charge in [0.2, 0.25) is 0 Å². The fraction of sp³-hybridized carbons (Fsp3) is 0.250. The van der Waals surface area contributed by atoms with Crippen molar-refractivity contribution in [3.05, 3.63) is 62.5 Å². The van der Waals surface area contributed by atoms with Gasteiger partial charge in [-0.05, 0) is 56.0 Å². The van der Waals surface area contributed by atoms with Gasteiger partial charge in [0.25, 0.3) is 15.7 Å². The van der Waals surface area contributed by atoms with Crippen molar-refractivity contribution in [2.75, 3.05) is 4.72 Å². The second-order valence-corrected chi connectivity index (χ2v) is 7.24. The lowest BCUT2D eigenvalue weighted by Gasteiger charge is -2.17. The van der Waals surface area contributed by atoms with Crippen molar-refractivity contribution < 1.29 is 17.7 Å². The van der Waals surface area contributed by atoms with E-state index in [0.29, 0.717) is 11.1 Å². The number of anilines is 1. The highest BCUT2D eigenvalue weighted by atomic mass is 32.2. The number of nitro benzene ring substituents is 1. The number of benzene rings is 2. The summed E-state index contributed by atoms with van der Waals surface area (Å²) in [5.74, 6) is -0.885. The van der Waals surface area contributed by atoms with E-state index in [2.05, 4.69) is 4.72 Å². The second-order valence-electron chi connectivity index (χ2n) is 5.62. The van der Waals surface area contributed by atoms with E-state index in [9.17, 15) is 22.9 Å². The van der Waals surface area contributed by atoms with Crippen LogP contribution in [0.4, 0.5) is 15.8 Å². The quantitative estimate of drug-likeness (QED) is 0.670. The van der Waals surface area contributed by atoms with Crippen LogP contribution < -0.4 is 4.72 Å². The molecule has 0 saturated carbocycles. The summed E-state index contributed by atoms with van der Waals surface area (Å²) in [6, 6.07) is 4.56. The molecule has 0 aliphatic rings. The molecule has 128 valence electrons. The predicted molar refractivity (Wildman–Crippen MR) is 89.3 cm³/mol. The number of sulfonamides is 1. The molecule has 0 bridgehead atoms. The minimum absolute atomic E-state index is 0.0610. The summed E-state index contributed by atoms with van der Waals surface area (Å²) in [4.78, 5) is 10.1. The highest BCUT2D eigenvalue weighted by molar-refractivity contribution is 7.92. The zero-order valence-electron chi connectivity index (χ0n) is 13.7. The summed E-state index contributed by atoms with van der Waals surface area (Å²) in [5, 5.41) is 10.8. The summed E-state index contributed by atoms with van der Waals surface area (Å²) < 4.78 is 41.5. The SMILES string of the molecule is Cc1cc(C)c(C)c(S(=O)(=O)Nc2cc([N+](=O)[O-])ccc2F)c1C. The molecule has 2 aromatic carbocycles. The van der Waals surface area contributed by atoms with Gasteiger partial charge in [0.1, 0.15) is 5.82 Å². The van der Waals surface area contributed by atoms with E-state index in [4.69, 9.17) is 0 Å². The third-order valence-corrected chi connectivity index (χ3v) is 5.61. The number of nitro groups is 1. The number of nitrogens with zero attached hydrogens (tertiary/aromatic N) is 1. The number of halogens is 1. The molecule has 0 aliphatic carbocycles. The molecular formula is C16H17FN2O4S. The molecule has 24 heavy (non-hydrogen) atoms. The lowest BCUT2D eigenvalue weighted by Crippen LogP contribution is -2.18. The van der Waals surface area contributed by atoms with Crippen molar-refractivity contribution in [1.29, 1.82) is 0 Å². The average Bonchev–Trinajstić information content (AvgIpc) is 2.47. The molecule has 0 atom stereocenters.